The van der Waals surface area contributed by atoms with E-state index >= 15 is 0 Å². The molecule has 4 nitrogen and oxygen atoms in total. The molecule has 2 N–H and O–H groups in total. The summed E-state index contributed by atoms with van der Waals surface area (Å²) in [4.78, 5) is 3.70. The molecule has 0 atom stereocenters. The standard InChI is InChI=1S/C16H16FNO3/c1-4-12(5-2)15(17)9-18-11(3)21-10-13-6-7-14(19)8-16(13)20/h4-9,19-20H,1-3,10H2. The minimum atomic E-state index is -0.614. The lowest BCUT2D eigenvalue weighted by Crippen LogP contribution is -1.92. The third-order valence-electron chi connectivity index (χ3n) is 2.50. The van der Waals surface area contributed by atoms with Gasteiger partial charge in [0, 0.05) is 17.2 Å². The fraction of sp³-hybridized carbons (Fsp3) is 0.0625. The van der Waals surface area contributed by atoms with Gasteiger partial charge in [0.25, 0.3) is 0 Å². The fourth-order valence-electron chi connectivity index (χ4n) is 1.35. The molecule has 0 fully saturated rings. The van der Waals surface area contributed by atoms with Crippen molar-refractivity contribution in [2.45, 2.75) is 6.61 Å². The Hall–Kier alpha value is -2.82. The maximum absolute atomic E-state index is 13.5. The van der Waals surface area contributed by atoms with E-state index in [1.165, 1.54) is 30.4 Å². The second kappa shape index (κ2) is 7.69. The highest BCUT2D eigenvalue weighted by Crippen LogP contribution is 2.23. The molecule has 21 heavy (non-hydrogen) atoms. The number of hydrogen-bond acceptors (Lipinski definition) is 4. The van der Waals surface area contributed by atoms with Crippen molar-refractivity contribution in [3.05, 3.63) is 72.9 Å². The minimum Gasteiger partial charge on any atom is -0.508 e. The summed E-state index contributed by atoms with van der Waals surface area (Å²) < 4.78 is 18.7. The molecule has 0 heterocycles. The van der Waals surface area contributed by atoms with Gasteiger partial charge in [-0.2, -0.15) is 0 Å². The predicted molar refractivity (Wildman–Crippen MR) is 80.7 cm³/mol. The minimum absolute atomic E-state index is 0.0105. The van der Waals surface area contributed by atoms with Gasteiger partial charge in [0.1, 0.15) is 23.9 Å². The van der Waals surface area contributed by atoms with Crippen LogP contribution in [0.1, 0.15) is 5.56 Å². The van der Waals surface area contributed by atoms with E-state index in [9.17, 15) is 9.50 Å². The van der Waals surface area contributed by atoms with E-state index in [1.807, 2.05) is 0 Å². The summed E-state index contributed by atoms with van der Waals surface area (Å²) in [6, 6.07) is 4.09. The van der Waals surface area contributed by atoms with Crippen molar-refractivity contribution < 1.29 is 19.3 Å². The quantitative estimate of drug-likeness (QED) is 0.456. The zero-order valence-corrected chi connectivity index (χ0v) is 11.4. The van der Waals surface area contributed by atoms with Gasteiger partial charge in [0.05, 0.1) is 6.21 Å². The van der Waals surface area contributed by atoms with E-state index in [0.717, 1.165) is 6.21 Å². The Morgan fingerprint density at radius 2 is 1.95 bits per heavy atom. The number of hydrogen-bond donors (Lipinski definition) is 2. The van der Waals surface area contributed by atoms with Gasteiger partial charge in [-0.3, -0.25) is 0 Å². The number of allylic oxidation sites excluding steroid dienone is 4. The number of nitrogens with zero attached hydrogens (tertiary/aromatic N) is 1. The third-order valence-corrected chi connectivity index (χ3v) is 2.50. The van der Waals surface area contributed by atoms with Crippen molar-refractivity contribution in [1.82, 2.24) is 0 Å². The van der Waals surface area contributed by atoms with Crippen LogP contribution < -0.4 is 0 Å². The van der Waals surface area contributed by atoms with Gasteiger partial charge in [-0.1, -0.05) is 25.3 Å². The van der Waals surface area contributed by atoms with Crippen LogP contribution in [0.25, 0.3) is 0 Å². The summed E-state index contributed by atoms with van der Waals surface area (Å²) in [6.07, 6.45) is 3.57. The van der Waals surface area contributed by atoms with Crippen molar-refractivity contribution in [1.29, 1.82) is 0 Å². The highest BCUT2D eigenvalue weighted by molar-refractivity contribution is 5.79. The van der Waals surface area contributed by atoms with E-state index in [4.69, 9.17) is 9.84 Å². The van der Waals surface area contributed by atoms with Gasteiger partial charge in [-0.05, 0) is 18.7 Å². The largest absolute Gasteiger partial charge is 0.508 e. The van der Waals surface area contributed by atoms with E-state index in [0.29, 0.717) is 5.56 Å². The van der Waals surface area contributed by atoms with Crippen LogP contribution in [0.3, 0.4) is 0 Å². The molecule has 1 rings (SSSR count). The Labute approximate surface area is 122 Å². The van der Waals surface area contributed by atoms with Crippen LogP contribution in [-0.2, 0) is 11.3 Å². The van der Waals surface area contributed by atoms with Gasteiger partial charge >= 0.3 is 0 Å². The monoisotopic (exact) mass is 289 g/mol. The third kappa shape index (κ3) is 4.99. The zero-order chi connectivity index (χ0) is 15.8. The summed E-state index contributed by atoms with van der Waals surface area (Å²) in [5.74, 6) is -0.803. The molecule has 0 aliphatic carbocycles. The maximum Gasteiger partial charge on any atom is 0.206 e. The van der Waals surface area contributed by atoms with Crippen LogP contribution >= 0.6 is 0 Å². The highest BCUT2D eigenvalue weighted by atomic mass is 19.1. The van der Waals surface area contributed by atoms with E-state index < -0.39 is 5.83 Å². The van der Waals surface area contributed by atoms with Crippen molar-refractivity contribution in [2.24, 2.45) is 4.99 Å². The second-order valence-corrected chi connectivity index (χ2v) is 3.97. The predicted octanol–water partition coefficient (Wildman–Crippen LogP) is 3.75. The normalized spacial score (nSPS) is 10.1. The lowest BCUT2D eigenvalue weighted by Gasteiger charge is -2.07. The van der Waals surface area contributed by atoms with Crippen LogP contribution in [0, 0.1) is 0 Å². The summed E-state index contributed by atoms with van der Waals surface area (Å²) >= 11 is 0. The van der Waals surface area contributed by atoms with E-state index in [-0.39, 0.29) is 29.6 Å². The first-order chi connectivity index (χ1) is 9.97. The molecule has 0 aliphatic rings. The first-order valence-electron chi connectivity index (χ1n) is 5.99. The molecular weight excluding hydrogens is 273 g/mol. The fourth-order valence-corrected chi connectivity index (χ4v) is 1.35. The Balaban J connectivity index is 2.64. The summed E-state index contributed by atoms with van der Waals surface area (Å²) in [6.45, 7) is 10.4. The van der Waals surface area contributed by atoms with Crippen molar-refractivity contribution in [3.63, 3.8) is 0 Å². The number of phenolic OH excluding ortho intramolecular Hbond substituents is 2. The van der Waals surface area contributed by atoms with Crippen LogP contribution in [-0.4, -0.2) is 16.4 Å². The van der Waals surface area contributed by atoms with Crippen molar-refractivity contribution in [3.8, 4) is 11.5 Å². The molecule has 0 radical (unpaired) electrons. The van der Waals surface area contributed by atoms with Crippen LogP contribution in [0.4, 0.5) is 4.39 Å². The number of halogens is 1. The molecule has 0 aliphatic heterocycles. The topological polar surface area (TPSA) is 62.0 Å². The summed E-state index contributed by atoms with van der Waals surface area (Å²) in [5.41, 5.74) is 0.653. The Bertz CT molecular complexity index is 608. The molecule has 0 bridgehead atoms. The van der Waals surface area contributed by atoms with Crippen LogP contribution in [0.15, 0.2) is 72.4 Å². The number of aromatic hydroxyl groups is 2. The summed E-state index contributed by atoms with van der Waals surface area (Å²) in [5, 5.41) is 18.7. The SMILES string of the molecule is C=CC(C=C)=C(F)C=NC(=C)OCc1ccc(O)cc1O. The van der Waals surface area contributed by atoms with Gasteiger partial charge in [-0.15, -0.1) is 0 Å². The Kier molecular flexibility index (Phi) is 5.95. The molecule has 0 saturated heterocycles. The Morgan fingerprint density at radius 3 is 2.52 bits per heavy atom. The average molecular weight is 289 g/mol. The lowest BCUT2D eigenvalue weighted by atomic mass is 10.2. The number of aliphatic imine (C=N–C) groups is 1. The number of ether oxygens (including phenoxy) is 1. The zero-order valence-electron chi connectivity index (χ0n) is 11.4. The first kappa shape index (κ1) is 16.2. The average Bonchev–Trinajstić information content (AvgIpc) is 2.45. The molecule has 1 aromatic rings. The molecule has 5 heteroatoms. The maximum atomic E-state index is 13.5. The molecule has 0 unspecified atom stereocenters. The molecule has 0 saturated carbocycles. The van der Waals surface area contributed by atoms with Crippen LogP contribution in [0.2, 0.25) is 0 Å². The Morgan fingerprint density at radius 1 is 1.29 bits per heavy atom. The number of benzene rings is 1. The molecule has 110 valence electrons. The van der Waals surface area contributed by atoms with Gasteiger partial charge in [0.2, 0.25) is 5.88 Å². The second-order valence-electron chi connectivity index (χ2n) is 3.97. The van der Waals surface area contributed by atoms with Gasteiger partial charge in [0.15, 0.2) is 0 Å². The molecule has 0 aromatic heterocycles. The van der Waals surface area contributed by atoms with Crippen molar-refractivity contribution >= 4 is 6.21 Å². The van der Waals surface area contributed by atoms with Gasteiger partial charge in [-0.25, -0.2) is 9.38 Å². The summed E-state index contributed by atoms with van der Waals surface area (Å²) in [7, 11) is 0. The van der Waals surface area contributed by atoms with E-state index in [1.54, 1.807) is 0 Å². The molecule has 1 aromatic carbocycles. The van der Waals surface area contributed by atoms with E-state index in [2.05, 4.69) is 24.7 Å². The van der Waals surface area contributed by atoms with Crippen LogP contribution in [0.5, 0.6) is 11.5 Å². The van der Waals surface area contributed by atoms with Gasteiger partial charge < -0.3 is 14.9 Å². The number of rotatable bonds is 7. The molecular formula is C16H16FNO3. The smallest absolute Gasteiger partial charge is 0.206 e. The lowest BCUT2D eigenvalue weighted by molar-refractivity contribution is 0.195. The molecule has 0 amide bonds. The first-order valence-corrected chi connectivity index (χ1v) is 5.99. The molecule has 0 spiro atoms. The van der Waals surface area contributed by atoms with Crippen molar-refractivity contribution in [2.75, 3.05) is 0 Å². The highest BCUT2D eigenvalue weighted by Gasteiger charge is 2.03. The number of phenols is 2.